The predicted molar refractivity (Wildman–Crippen MR) is 66.4 cm³/mol. The fraction of sp³-hybridized carbons (Fsp3) is 0. The van der Waals surface area contributed by atoms with E-state index in [4.69, 9.17) is 9.31 Å². The SMILES string of the molecule is O=Cc1ccc(O[B]Oc2ccc(C=O)s2)s1. The Morgan fingerprint density at radius 3 is 1.71 bits per heavy atom. The lowest BCUT2D eigenvalue weighted by molar-refractivity contribution is 0.111. The highest BCUT2D eigenvalue weighted by atomic mass is 32.1. The van der Waals surface area contributed by atoms with Crippen molar-refractivity contribution >= 4 is 42.9 Å². The van der Waals surface area contributed by atoms with Crippen LogP contribution in [0.3, 0.4) is 0 Å². The molecule has 0 aliphatic rings. The van der Waals surface area contributed by atoms with E-state index >= 15 is 0 Å². The third kappa shape index (κ3) is 3.18. The minimum atomic E-state index is 0.569. The second kappa shape index (κ2) is 5.65. The minimum absolute atomic E-state index is 0.569. The Kier molecular flexibility index (Phi) is 3.95. The Hall–Kier alpha value is -1.60. The van der Waals surface area contributed by atoms with E-state index in [2.05, 4.69) is 0 Å². The van der Waals surface area contributed by atoms with Crippen LogP contribution in [0.1, 0.15) is 19.3 Å². The minimum Gasteiger partial charge on any atom is -0.519 e. The van der Waals surface area contributed by atoms with Gasteiger partial charge in [-0.2, -0.15) is 0 Å². The van der Waals surface area contributed by atoms with Gasteiger partial charge >= 0.3 is 7.69 Å². The summed E-state index contributed by atoms with van der Waals surface area (Å²) in [6, 6.07) is 6.69. The molecular formula is C10H6BO4S2. The molecule has 2 heterocycles. The second-order valence-electron chi connectivity index (χ2n) is 2.88. The van der Waals surface area contributed by atoms with E-state index in [-0.39, 0.29) is 0 Å². The molecule has 4 nitrogen and oxygen atoms in total. The van der Waals surface area contributed by atoms with Gasteiger partial charge in [0.2, 0.25) is 0 Å². The van der Waals surface area contributed by atoms with Crippen LogP contribution in [0, 0.1) is 0 Å². The highest BCUT2D eigenvalue weighted by molar-refractivity contribution is 7.16. The molecule has 0 N–H and O–H groups in total. The van der Waals surface area contributed by atoms with Crippen LogP contribution in [0.15, 0.2) is 24.3 Å². The Labute approximate surface area is 106 Å². The lowest BCUT2D eigenvalue weighted by Gasteiger charge is -2.00. The number of carbonyl (C=O) groups is 2. The third-order valence-corrected chi connectivity index (χ3v) is 3.57. The fourth-order valence-electron chi connectivity index (χ4n) is 1.04. The molecule has 17 heavy (non-hydrogen) atoms. The maximum absolute atomic E-state index is 10.4. The molecule has 2 rings (SSSR count). The zero-order chi connectivity index (χ0) is 12.1. The molecule has 7 heteroatoms. The molecule has 0 saturated carbocycles. The summed E-state index contributed by atoms with van der Waals surface area (Å²) in [5, 5.41) is 1.14. The first kappa shape index (κ1) is 11.9. The van der Waals surface area contributed by atoms with E-state index in [0.29, 0.717) is 19.9 Å². The van der Waals surface area contributed by atoms with Gasteiger partial charge in [-0.3, -0.25) is 9.59 Å². The molecule has 0 aliphatic heterocycles. The lowest BCUT2D eigenvalue weighted by atomic mass is 10.4. The van der Waals surface area contributed by atoms with Crippen LogP contribution in [0.2, 0.25) is 0 Å². The van der Waals surface area contributed by atoms with E-state index in [0.717, 1.165) is 12.6 Å². The number of thiophene rings is 2. The first-order valence-corrected chi connectivity index (χ1v) is 6.20. The van der Waals surface area contributed by atoms with Crippen molar-refractivity contribution < 1.29 is 18.9 Å². The normalized spacial score (nSPS) is 9.65. The second-order valence-corrected chi connectivity index (χ2v) is 5.04. The predicted octanol–water partition coefficient (Wildman–Crippen LogP) is 2.43. The maximum Gasteiger partial charge on any atom is 0.659 e. The smallest absolute Gasteiger partial charge is 0.519 e. The Bertz CT molecular complexity index is 474. The fourth-order valence-corrected chi connectivity index (χ4v) is 2.32. The average molecular weight is 265 g/mol. The van der Waals surface area contributed by atoms with Crippen molar-refractivity contribution in [3.8, 4) is 10.1 Å². The van der Waals surface area contributed by atoms with Crippen molar-refractivity contribution in [2.75, 3.05) is 0 Å². The van der Waals surface area contributed by atoms with Crippen molar-refractivity contribution in [1.29, 1.82) is 0 Å². The summed E-state index contributed by atoms with van der Waals surface area (Å²) in [5.41, 5.74) is 0. The van der Waals surface area contributed by atoms with Crippen molar-refractivity contribution in [2.45, 2.75) is 0 Å². The zero-order valence-electron chi connectivity index (χ0n) is 8.49. The van der Waals surface area contributed by atoms with E-state index < -0.39 is 0 Å². The molecule has 2 aromatic heterocycles. The molecule has 0 atom stereocenters. The van der Waals surface area contributed by atoms with Crippen LogP contribution < -0.4 is 9.31 Å². The van der Waals surface area contributed by atoms with Gasteiger partial charge in [0, 0.05) is 0 Å². The molecule has 0 saturated heterocycles. The van der Waals surface area contributed by atoms with Gasteiger partial charge in [-0.1, -0.05) is 22.7 Å². The Morgan fingerprint density at radius 2 is 1.35 bits per heavy atom. The first-order chi connectivity index (χ1) is 8.31. The van der Waals surface area contributed by atoms with E-state index in [1.165, 1.54) is 30.4 Å². The summed E-state index contributed by atoms with van der Waals surface area (Å²) in [6.45, 7) is 0. The van der Waals surface area contributed by atoms with Crippen molar-refractivity contribution in [2.24, 2.45) is 0 Å². The monoisotopic (exact) mass is 265 g/mol. The highest BCUT2D eigenvalue weighted by Crippen LogP contribution is 2.24. The molecule has 0 aliphatic carbocycles. The van der Waals surface area contributed by atoms with Gasteiger partial charge in [-0.25, -0.2) is 0 Å². The average Bonchev–Trinajstić information content (AvgIpc) is 2.97. The van der Waals surface area contributed by atoms with Gasteiger partial charge < -0.3 is 9.31 Å². The van der Waals surface area contributed by atoms with Gasteiger partial charge in [0.05, 0.1) is 9.75 Å². The molecule has 1 radical (unpaired) electrons. The van der Waals surface area contributed by atoms with Gasteiger partial charge in [-0.15, -0.1) is 0 Å². The van der Waals surface area contributed by atoms with Gasteiger partial charge in [0.15, 0.2) is 22.7 Å². The van der Waals surface area contributed by atoms with E-state index in [1.54, 1.807) is 24.3 Å². The Balaban J connectivity index is 1.82. The zero-order valence-corrected chi connectivity index (χ0v) is 10.1. The molecule has 0 fully saturated rings. The summed E-state index contributed by atoms with van der Waals surface area (Å²) in [6.07, 6.45) is 1.52. The van der Waals surface area contributed by atoms with Crippen LogP contribution in [-0.2, 0) is 0 Å². The van der Waals surface area contributed by atoms with Crippen LogP contribution in [0.25, 0.3) is 0 Å². The molecule has 0 aromatic carbocycles. The number of aldehydes is 2. The molecule has 85 valence electrons. The maximum atomic E-state index is 10.4. The van der Waals surface area contributed by atoms with Crippen LogP contribution in [0.4, 0.5) is 0 Å². The third-order valence-electron chi connectivity index (χ3n) is 1.77. The topological polar surface area (TPSA) is 52.6 Å². The van der Waals surface area contributed by atoms with Crippen LogP contribution in [-0.4, -0.2) is 20.3 Å². The summed E-state index contributed by atoms with van der Waals surface area (Å²) >= 11 is 2.45. The number of carbonyl (C=O) groups excluding carboxylic acids is 2. The number of hydrogen-bond donors (Lipinski definition) is 0. The lowest BCUT2D eigenvalue weighted by Crippen LogP contribution is -2.09. The quantitative estimate of drug-likeness (QED) is 0.594. The molecule has 2 aromatic rings. The van der Waals surface area contributed by atoms with Crippen molar-refractivity contribution in [3.05, 3.63) is 34.0 Å². The van der Waals surface area contributed by atoms with Gasteiger partial charge in [0.1, 0.15) is 0 Å². The highest BCUT2D eigenvalue weighted by Gasteiger charge is 2.06. The number of rotatable bonds is 6. The van der Waals surface area contributed by atoms with Crippen molar-refractivity contribution in [3.63, 3.8) is 0 Å². The Morgan fingerprint density at radius 1 is 0.882 bits per heavy atom. The number of hydrogen-bond acceptors (Lipinski definition) is 6. The van der Waals surface area contributed by atoms with Crippen LogP contribution >= 0.6 is 22.7 Å². The standard InChI is InChI=1S/C10H6BO4S2/c12-5-7-1-3-9(16-7)14-11-15-10-4-2-8(6-13)17-10/h1-6H. The molecular weight excluding hydrogens is 259 g/mol. The van der Waals surface area contributed by atoms with Gasteiger partial charge in [0.25, 0.3) is 0 Å². The summed E-state index contributed by atoms with van der Waals surface area (Å²) in [5.74, 6) is 0. The van der Waals surface area contributed by atoms with E-state index in [1.807, 2.05) is 0 Å². The van der Waals surface area contributed by atoms with Crippen LogP contribution in [0.5, 0.6) is 10.1 Å². The summed E-state index contributed by atoms with van der Waals surface area (Å²) < 4.78 is 10.3. The van der Waals surface area contributed by atoms with Gasteiger partial charge in [-0.05, 0) is 24.3 Å². The summed E-state index contributed by atoms with van der Waals surface area (Å²) in [4.78, 5) is 22.0. The molecule has 0 unspecified atom stereocenters. The first-order valence-electron chi connectivity index (χ1n) is 4.57. The molecule has 0 bridgehead atoms. The van der Waals surface area contributed by atoms with Crippen molar-refractivity contribution in [1.82, 2.24) is 0 Å². The van der Waals surface area contributed by atoms with E-state index in [9.17, 15) is 9.59 Å². The molecule has 0 amide bonds. The molecule has 0 spiro atoms. The summed E-state index contributed by atoms with van der Waals surface area (Å²) in [7, 11) is 1.17. The largest absolute Gasteiger partial charge is 0.659 e.